The van der Waals surface area contributed by atoms with Crippen LogP contribution in [0.2, 0.25) is 0 Å². The molecule has 0 radical (unpaired) electrons. The molecule has 0 bridgehead atoms. The van der Waals surface area contributed by atoms with E-state index in [0.29, 0.717) is 29.7 Å². The minimum absolute atomic E-state index is 0.224. The lowest BCUT2D eigenvalue weighted by molar-refractivity contribution is 0.0297. The Labute approximate surface area is 190 Å². The summed E-state index contributed by atoms with van der Waals surface area (Å²) < 4.78 is 33.9. The summed E-state index contributed by atoms with van der Waals surface area (Å²) in [4.78, 5) is 16.4. The van der Waals surface area contributed by atoms with Crippen molar-refractivity contribution in [1.29, 1.82) is 0 Å². The number of carbonyl (C=O) groups excluding carboxylic acids is 1. The number of nitrogens with zero attached hydrogens (tertiary/aromatic N) is 3. The highest BCUT2D eigenvalue weighted by molar-refractivity contribution is 9.10. The van der Waals surface area contributed by atoms with Crippen LogP contribution in [0.25, 0.3) is 10.9 Å². The number of anilines is 1. The van der Waals surface area contributed by atoms with Crippen LogP contribution in [-0.4, -0.2) is 48.7 Å². The highest BCUT2D eigenvalue weighted by atomic mass is 79.9. The average molecular weight is 506 g/mol. The van der Waals surface area contributed by atoms with Gasteiger partial charge >= 0.3 is 6.09 Å². The van der Waals surface area contributed by atoms with E-state index in [1.807, 2.05) is 32.9 Å². The summed E-state index contributed by atoms with van der Waals surface area (Å²) in [6.07, 6.45) is 1.23. The maximum atomic E-state index is 13.2. The first-order chi connectivity index (χ1) is 14.6. The maximum absolute atomic E-state index is 13.2. The zero-order valence-corrected chi connectivity index (χ0v) is 20.0. The molecule has 2 aromatic carbocycles. The van der Waals surface area contributed by atoms with Gasteiger partial charge in [-0.3, -0.25) is 4.90 Å². The topological polar surface area (TPSA) is 71.8 Å². The third kappa shape index (κ3) is 4.16. The fraction of sp³-hybridized carbons (Fsp3) is 0.318. The van der Waals surface area contributed by atoms with Gasteiger partial charge in [0.05, 0.1) is 17.1 Å². The normalized spacial score (nSPS) is 15.0. The molecule has 4 rings (SSSR count). The Bertz CT molecular complexity index is 1230. The molecule has 1 aliphatic heterocycles. The Morgan fingerprint density at radius 3 is 2.42 bits per heavy atom. The number of benzene rings is 2. The minimum Gasteiger partial charge on any atom is -0.444 e. The number of hydrogen-bond donors (Lipinski definition) is 0. The Morgan fingerprint density at radius 1 is 1.03 bits per heavy atom. The molecule has 0 saturated carbocycles. The summed E-state index contributed by atoms with van der Waals surface area (Å²) in [6.45, 7) is 7.05. The average Bonchev–Trinajstić information content (AvgIpc) is 3.33. The number of carbonyl (C=O) groups is 1. The standard InChI is InChI=1S/C22H24BrN3O4S/c1-22(2,3)30-21(27)25-13-12-24(15-25)18-10-7-11-19-20(18)17(23)14-26(19)31(28,29)16-8-5-4-6-9-16/h4-11,14H,12-13,15H2,1-3H3. The van der Waals surface area contributed by atoms with E-state index in [0.717, 1.165) is 11.1 Å². The van der Waals surface area contributed by atoms with Crippen LogP contribution in [0, 0.1) is 0 Å². The van der Waals surface area contributed by atoms with E-state index in [1.165, 1.54) is 3.97 Å². The van der Waals surface area contributed by atoms with Crippen LogP contribution in [-0.2, 0) is 14.8 Å². The van der Waals surface area contributed by atoms with Crippen molar-refractivity contribution in [2.75, 3.05) is 24.7 Å². The van der Waals surface area contributed by atoms with E-state index >= 15 is 0 Å². The third-order valence-electron chi connectivity index (χ3n) is 5.00. The first-order valence-electron chi connectivity index (χ1n) is 9.91. The molecule has 0 spiro atoms. The highest BCUT2D eigenvalue weighted by Gasteiger charge is 2.30. The number of amides is 1. The van der Waals surface area contributed by atoms with E-state index in [-0.39, 0.29) is 11.0 Å². The van der Waals surface area contributed by atoms with Gasteiger partial charge in [0.25, 0.3) is 10.0 Å². The lowest BCUT2D eigenvalue weighted by atomic mass is 10.2. The molecule has 0 atom stereocenters. The van der Waals surface area contributed by atoms with Crippen LogP contribution in [0.3, 0.4) is 0 Å². The second-order valence-corrected chi connectivity index (χ2v) is 11.1. The van der Waals surface area contributed by atoms with E-state index < -0.39 is 15.6 Å². The van der Waals surface area contributed by atoms with Crippen LogP contribution in [0.1, 0.15) is 20.8 Å². The molecular formula is C22H24BrN3O4S. The maximum Gasteiger partial charge on any atom is 0.411 e. The SMILES string of the molecule is CC(C)(C)OC(=O)N1CCN(c2cccc3c2c(Br)cn3S(=O)(=O)c2ccccc2)C1. The van der Waals surface area contributed by atoms with Gasteiger partial charge < -0.3 is 9.64 Å². The molecule has 0 aliphatic carbocycles. The summed E-state index contributed by atoms with van der Waals surface area (Å²) >= 11 is 3.55. The summed E-state index contributed by atoms with van der Waals surface area (Å²) in [5, 5.41) is 0.785. The van der Waals surface area contributed by atoms with Crippen LogP contribution in [0.5, 0.6) is 0 Å². The highest BCUT2D eigenvalue weighted by Crippen LogP contribution is 2.37. The molecule has 9 heteroatoms. The predicted molar refractivity (Wildman–Crippen MR) is 124 cm³/mol. The Hall–Kier alpha value is -2.52. The van der Waals surface area contributed by atoms with Crippen molar-refractivity contribution in [2.24, 2.45) is 0 Å². The Kier molecular flexibility index (Phi) is 5.51. The molecular weight excluding hydrogens is 482 g/mol. The Balaban J connectivity index is 1.70. The van der Waals surface area contributed by atoms with Crippen molar-refractivity contribution >= 4 is 48.6 Å². The number of fused-ring (bicyclic) bond motifs is 1. The van der Waals surface area contributed by atoms with Gasteiger partial charge in [0.1, 0.15) is 5.60 Å². The molecule has 1 saturated heterocycles. The molecule has 7 nitrogen and oxygen atoms in total. The molecule has 0 unspecified atom stereocenters. The van der Waals surface area contributed by atoms with Gasteiger partial charge in [-0.2, -0.15) is 0 Å². The van der Waals surface area contributed by atoms with Crippen LogP contribution in [0.15, 0.2) is 64.1 Å². The number of hydrogen-bond acceptors (Lipinski definition) is 5. The van der Waals surface area contributed by atoms with Gasteiger partial charge in [0.2, 0.25) is 0 Å². The molecule has 164 valence electrons. The Morgan fingerprint density at radius 2 is 1.74 bits per heavy atom. The van der Waals surface area contributed by atoms with Gasteiger partial charge in [-0.05, 0) is 61.0 Å². The molecule has 1 fully saturated rings. The quantitative estimate of drug-likeness (QED) is 0.517. The van der Waals surface area contributed by atoms with E-state index in [1.54, 1.807) is 47.5 Å². The minimum atomic E-state index is -3.75. The molecule has 3 aromatic rings. The molecule has 1 aromatic heterocycles. The summed E-state index contributed by atoms with van der Waals surface area (Å²) in [7, 11) is -3.75. The van der Waals surface area contributed by atoms with Gasteiger partial charge in [0.15, 0.2) is 0 Å². The van der Waals surface area contributed by atoms with Crippen molar-refractivity contribution in [2.45, 2.75) is 31.3 Å². The zero-order chi connectivity index (χ0) is 22.4. The molecule has 1 amide bonds. The van der Waals surface area contributed by atoms with E-state index in [9.17, 15) is 13.2 Å². The van der Waals surface area contributed by atoms with Gasteiger partial charge in [-0.1, -0.05) is 24.3 Å². The number of halogens is 1. The second-order valence-electron chi connectivity index (χ2n) is 8.41. The van der Waals surface area contributed by atoms with Crippen LogP contribution >= 0.6 is 15.9 Å². The number of rotatable bonds is 3. The largest absolute Gasteiger partial charge is 0.444 e. The fourth-order valence-electron chi connectivity index (χ4n) is 3.62. The van der Waals surface area contributed by atoms with Crippen molar-refractivity contribution < 1.29 is 17.9 Å². The molecule has 2 heterocycles. The van der Waals surface area contributed by atoms with Crippen LogP contribution < -0.4 is 4.90 Å². The summed E-state index contributed by atoms with van der Waals surface area (Å²) in [5.41, 5.74) is 0.873. The van der Waals surface area contributed by atoms with Crippen molar-refractivity contribution in [1.82, 2.24) is 8.87 Å². The zero-order valence-electron chi connectivity index (χ0n) is 17.6. The lowest BCUT2D eigenvalue weighted by Crippen LogP contribution is -2.36. The first kappa shape index (κ1) is 21.7. The van der Waals surface area contributed by atoms with E-state index in [2.05, 4.69) is 20.8 Å². The van der Waals surface area contributed by atoms with Gasteiger partial charge in [-0.15, -0.1) is 0 Å². The predicted octanol–water partition coefficient (Wildman–Crippen LogP) is 4.66. The lowest BCUT2D eigenvalue weighted by Gasteiger charge is -2.25. The summed E-state index contributed by atoms with van der Waals surface area (Å²) in [6, 6.07) is 13.9. The third-order valence-corrected chi connectivity index (χ3v) is 7.29. The van der Waals surface area contributed by atoms with Crippen molar-refractivity contribution in [3.05, 3.63) is 59.2 Å². The fourth-order valence-corrected chi connectivity index (χ4v) is 5.75. The van der Waals surface area contributed by atoms with Gasteiger partial charge in [0, 0.05) is 34.8 Å². The van der Waals surface area contributed by atoms with Gasteiger partial charge in [-0.25, -0.2) is 17.2 Å². The van der Waals surface area contributed by atoms with E-state index in [4.69, 9.17) is 4.74 Å². The van der Waals surface area contributed by atoms with Crippen molar-refractivity contribution in [3.8, 4) is 0 Å². The summed E-state index contributed by atoms with van der Waals surface area (Å²) in [5.74, 6) is 0. The first-order valence-corrected chi connectivity index (χ1v) is 12.1. The monoisotopic (exact) mass is 505 g/mol. The number of aromatic nitrogens is 1. The smallest absolute Gasteiger partial charge is 0.411 e. The molecule has 31 heavy (non-hydrogen) atoms. The van der Waals surface area contributed by atoms with Crippen LogP contribution in [0.4, 0.5) is 10.5 Å². The van der Waals surface area contributed by atoms with Crippen molar-refractivity contribution in [3.63, 3.8) is 0 Å². The number of ether oxygens (including phenoxy) is 1. The molecule has 0 N–H and O–H groups in total. The molecule has 1 aliphatic rings. The second kappa shape index (κ2) is 7.87.